The Kier molecular flexibility index (Phi) is 10.1. The van der Waals surface area contributed by atoms with Crippen LogP contribution in [0.1, 0.15) is 18.4 Å². The van der Waals surface area contributed by atoms with Crippen LogP contribution in [0.4, 0.5) is 23.2 Å². The minimum atomic E-state index is -3.18. The Labute approximate surface area is 205 Å². The lowest BCUT2D eigenvalue weighted by molar-refractivity contribution is -0.180. The van der Waals surface area contributed by atoms with Crippen LogP contribution in [0.5, 0.6) is 0 Å². The van der Waals surface area contributed by atoms with Crippen LogP contribution >= 0.6 is 0 Å². The number of hydroxylamine groups is 2. The molecule has 0 unspecified atom stereocenters. The third-order valence-electron chi connectivity index (χ3n) is 5.61. The molecule has 36 heavy (non-hydrogen) atoms. The molecule has 3 rings (SSSR count). The van der Waals surface area contributed by atoms with Gasteiger partial charge in [-0.2, -0.15) is 8.78 Å². The Bertz CT molecular complexity index is 978. The van der Waals surface area contributed by atoms with Crippen molar-refractivity contribution in [1.29, 1.82) is 0 Å². The lowest BCUT2D eigenvalue weighted by Crippen LogP contribution is -2.40. The summed E-state index contributed by atoms with van der Waals surface area (Å²) in [5.41, 5.74) is 1.15. The normalized spacial score (nSPS) is 18.5. The molecule has 2 N–H and O–H groups in total. The first kappa shape index (κ1) is 27.4. The molecule has 198 valence electrons. The molecule has 0 radical (unpaired) electrons. The summed E-state index contributed by atoms with van der Waals surface area (Å²) in [4.78, 5) is 42.5. The molecule has 13 heteroatoms. The maximum Gasteiger partial charge on any atom is 0.331 e. The van der Waals surface area contributed by atoms with Gasteiger partial charge in [0.25, 0.3) is 11.8 Å². The minimum absolute atomic E-state index is 0.00736. The number of benzene rings is 1. The van der Waals surface area contributed by atoms with E-state index in [1.54, 1.807) is 17.0 Å². The van der Waals surface area contributed by atoms with Crippen molar-refractivity contribution < 1.29 is 41.5 Å². The zero-order valence-electron chi connectivity index (χ0n) is 19.5. The van der Waals surface area contributed by atoms with E-state index in [2.05, 4.69) is 5.32 Å². The molecule has 0 bridgehead atoms. The molecular formula is C23H28F4N4O5. The van der Waals surface area contributed by atoms with Gasteiger partial charge in [-0.15, -0.1) is 0 Å². The highest BCUT2D eigenvalue weighted by Crippen LogP contribution is 2.29. The van der Waals surface area contributed by atoms with Crippen LogP contribution in [-0.2, 0) is 24.0 Å². The number of carbonyl (C=O) groups is 3. The van der Waals surface area contributed by atoms with E-state index < -0.39 is 36.9 Å². The summed E-state index contributed by atoms with van der Waals surface area (Å²) in [6.07, 6.45) is -2.42. The zero-order valence-corrected chi connectivity index (χ0v) is 19.5. The number of esters is 1. The molecule has 1 fully saturated rings. The lowest BCUT2D eigenvalue weighted by Gasteiger charge is -2.25. The summed E-state index contributed by atoms with van der Waals surface area (Å²) >= 11 is 0. The van der Waals surface area contributed by atoms with Gasteiger partial charge in [-0.05, 0) is 36.2 Å². The second kappa shape index (κ2) is 13.2. The molecule has 1 atom stereocenters. The van der Waals surface area contributed by atoms with Gasteiger partial charge in [0.05, 0.1) is 38.6 Å². The van der Waals surface area contributed by atoms with Crippen molar-refractivity contribution >= 4 is 29.0 Å². The van der Waals surface area contributed by atoms with Gasteiger partial charge in [0.1, 0.15) is 11.9 Å². The number of amides is 2. The molecule has 0 aliphatic carbocycles. The molecule has 1 aromatic carbocycles. The highest BCUT2D eigenvalue weighted by Gasteiger charge is 2.26. The first-order valence-corrected chi connectivity index (χ1v) is 11.5. The van der Waals surface area contributed by atoms with Crippen molar-refractivity contribution in [2.45, 2.75) is 25.4 Å². The average molecular weight is 516 g/mol. The van der Waals surface area contributed by atoms with Crippen molar-refractivity contribution in [2.75, 3.05) is 57.4 Å². The van der Waals surface area contributed by atoms with Crippen molar-refractivity contribution in [2.24, 2.45) is 0 Å². The molecule has 0 saturated carbocycles. The topological polar surface area (TPSA) is 100 Å². The first-order valence-electron chi connectivity index (χ1n) is 11.5. The summed E-state index contributed by atoms with van der Waals surface area (Å²) in [5, 5.41) is 6.06. The number of ether oxygens (including phenoxy) is 1. The monoisotopic (exact) mass is 516 g/mol. The maximum atomic E-state index is 15.1. The van der Waals surface area contributed by atoms with Crippen LogP contribution < -0.4 is 15.5 Å². The Morgan fingerprint density at radius 2 is 2.00 bits per heavy atom. The van der Waals surface area contributed by atoms with Crippen LogP contribution in [-0.4, -0.2) is 87.9 Å². The number of anilines is 1. The Morgan fingerprint density at radius 1 is 1.19 bits per heavy atom. The van der Waals surface area contributed by atoms with E-state index in [0.29, 0.717) is 37.2 Å². The number of carbonyl (C=O) groups excluding carboxylic acids is 3. The van der Waals surface area contributed by atoms with Gasteiger partial charge in [0.15, 0.2) is 0 Å². The standard InChI is InChI=1S/C23H28F4N4O5/c24-4-1-5-28-14-20(32)31-7-6-30(8-9-35-31)19-3-2-15(11-18(19)25)16-10-17(36-21(33)12-16)13-29-23(34)22(26)27/h2-3,11-12,17,22,28H,1,4-10,13-14H2,(H,29,34)/t17-/m1/s1. The van der Waals surface area contributed by atoms with Crippen molar-refractivity contribution in [3.05, 3.63) is 35.7 Å². The molecule has 0 aromatic heterocycles. The van der Waals surface area contributed by atoms with Gasteiger partial charge in [-0.1, -0.05) is 6.07 Å². The van der Waals surface area contributed by atoms with Gasteiger partial charge in [0, 0.05) is 25.6 Å². The SMILES string of the molecule is O=C1C=C(c2ccc(N3CCON(C(=O)CNCCCF)CC3)c(F)c2)C[C@H](CNC(=O)C(F)F)O1. The fourth-order valence-electron chi connectivity index (χ4n) is 3.82. The van der Waals surface area contributed by atoms with E-state index in [0.717, 1.165) is 0 Å². The Morgan fingerprint density at radius 3 is 2.72 bits per heavy atom. The summed E-state index contributed by atoms with van der Waals surface area (Å²) in [6, 6.07) is 4.44. The molecule has 2 amide bonds. The van der Waals surface area contributed by atoms with E-state index in [-0.39, 0.29) is 44.3 Å². The van der Waals surface area contributed by atoms with Crippen molar-refractivity contribution in [3.63, 3.8) is 0 Å². The second-order valence-corrected chi connectivity index (χ2v) is 8.18. The maximum absolute atomic E-state index is 15.1. The molecular weight excluding hydrogens is 488 g/mol. The number of cyclic esters (lactones) is 1. The number of nitrogens with zero attached hydrogens (tertiary/aromatic N) is 2. The van der Waals surface area contributed by atoms with Crippen LogP contribution in [0.25, 0.3) is 5.57 Å². The van der Waals surface area contributed by atoms with E-state index >= 15 is 4.39 Å². The van der Waals surface area contributed by atoms with Crippen LogP contribution in [0.3, 0.4) is 0 Å². The number of halogens is 4. The Hall–Kier alpha value is -3.19. The van der Waals surface area contributed by atoms with Gasteiger partial charge in [-0.25, -0.2) is 14.2 Å². The first-order chi connectivity index (χ1) is 17.3. The largest absolute Gasteiger partial charge is 0.457 e. The van der Waals surface area contributed by atoms with E-state index in [1.165, 1.54) is 17.2 Å². The number of alkyl halides is 3. The summed E-state index contributed by atoms with van der Waals surface area (Å²) in [6.45, 7) is 0.619. The average Bonchev–Trinajstić information content (AvgIpc) is 3.11. The molecule has 9 nitrogen and oxygen atoms in total. The van der Waals surface area contributed by atoms with Gasteiger partial charge in [0.2, 0.25) is 0 Å². The van der Waals surface area contributed by atoms with Crippen molar-refractivity contribution in [1.82, 2.24) is 15.7 Å². The van der Waals surface area contributed by atoms with Crippen LogP contribution in [0, 0.1) is 5.82 Å². The number of nitrogens with one attached hydrogen (secondary N) is 2. The van der Waals surface area contributed by atoms with Crippen LogP contribution in [0.2, 0.25) is 0 Å². The molecule has 0 spiro atoms. The fraction of sp³-hybridized carbons (Fsp3) is 0.522. The smallest absolute Gasteiger partial charge is 0.331 e. The zero-order chi connectivity index (χ0) is 26.1. The van der Waals surface area contributed by atoms with Gasteiger partial charge < -0.3 is 20.3 Å². The van der Waals surface area contributed by atoms with E-state index in [1.807, 2.05) is 5.32 Å². The van der Waals surface area contributed by atoms with E-state index in [4.69, 9.17) is 9.57 Å². The van der Waals surface area contributed by atoms with E-state index in [9.17, 15) is 27.6 Å². The minimum Gasteiger partial charge on any atom is -0.457 e. The van der Waals surface area contributed by atoms with Crippen LogP contribution in [0.15, 0.2) is 24.3 Å². The summed E-state index contributed by atoms with van der Waals surface area (Å²) in [7, 11) is 0. The number of hydrogen-bond donors (Lipinski definition) is 2. The third-order valence-corrected chi connectivity index (χ3v) is 5.61. The molecule has 2 aliphatic rings. The molecule has 2 heterocycles. The van der Waals surface area contributed by atoms with Gasteiger partial charge >= 0.3 is 12.4 Å². The fourth-order valence-corrected chi connectivity index (χ4v) is 3.82. The highest BCUT2D eigenvalue weighted by atomic mass is 19.3. The third kappa shape index (κ3) is 7.65. The predicted molar refractivity (Wildman–Crippen MR) is 121 cm³/mol. The predicted octanol–water partition coefficient (Wildman–Crippen LogP) is 1.44. The second-order valence-electron chi connectivity index (χ2n) is 8.18. The quantitative estimate of drug-likeness (QED) is 0.276. The molecule has 1 aromatic rings. The highest BCUT2D eigenvalue weighted by molar-refractivity contribution is 5.93. The number of rotatable bonds is 10. The number of hydrogen-bond acceptors (Lipinski definition) is 7. The van der Waals surface area contributed by atoms with Crippen molar-refractivity contribution in [3.8, 4) is 0 Å². The van der Waals surface area contributed by atoms with Gasteiger partial charge in [-0.3, -0.25) is 18.8 Å². The Balaban J connectivity index is 1.60. The molecule has 1 saturated heterocycles. The molecule has 2 aliphatic heterocycles. The summed E-state index contributed by atoms with van der Waals surface area (Å²) < 4.78 is 57.0. The lowest BCUT2D eigenvalue weighted by atomic mass is 9.97. The summed E-state index contributed by atoms with van der Waals surface area (Å²) in [5.74, 6) is -3.04.